The number of aliphatic carboxylic acids is 2. The van der Waals surface area contributed by atoms with Crippen LogP contribution in [-0.4, -0.2) is 173 Å². The molecule has 0 aliphatic rings. The summed E-state index contributed by atoms with van der Waals surface area (Å²) in [6.07, 6.45) is -0.834. The molecule has 0 fully saturated rings. The molecule has 0 aliphatic carbocycles. The van der Waals surface area contributed by atoms with Gasteiger partial charge in [-0.25, -0.2) is 4.79 Å². The molecule has 0 saturated heterocycles. The van der Waals surface area contributed by atoms with E-state index in [-0.39, 0.29) is 56.7 Å². The van der Waals surface area contributed by atoms with Crippen molar-refractivity contribution in [2.75, 3.05) is 103 Å². The summed E-state index contributed by atoms with van der Waals surface area (Å²) in [4.78, 5) is 70.1. The molecule has 0 saturated carbocycles. The average Bonchev–Trinajstić information content (AvgIpc) is 3.08. The third-order valence-corrected chi connectivity index (χ3v) is 7.18. The van der Waals surface area contributed by atoms with Crippen LogP contribution in [0.1, 0.15) is 12.8 Å². The predicted molar refractivity (Wildman–Crippen MR) is 188 cm³/mol. The van der Waals surface area contributed by atoms with Gasteiger partial charge in [-0.15, -0.1) is 0 Å². The van der Waals surface area contributed by atoms with Crippen molar-refractivity contribution >= 4 is 73.5 Å². The molecule has 0 aromatic rings. The van der Waals surface area contributed by atoms with E-state index >= 15 is 0 Å². The molecule has 290 valence electrons. The van der Waals surface area contributed by atoms with Crippen molar-refractivity contribution < 1.29 is 67.4 Å². The van der Waals surface area contributed by atoms with Crippen molar-refractivity contribution in [3.63, 3.8) is 0 Å². The lowest BCUT2D eigenvalue weighted by molar-refractivity contribution is -0.147. The third-order valence-electron chi connectivity index (χ3n) is 6.06. The van der Waals surface area contributed by atoms with Crippen LogP contribution in [0.5, 0.6) is 0 Å². The molecule has 0 radical (unpaired) electrons. The van der Waals surface area contributed by atoms with Gasteiger partial charge in [0.15, 0.2) is 0 Å². The van der Waals surface area contributed by atoms with Crippen molar-refractivity contribution in [3.05, 3.63) is 0 Å². The van der Waals surface area contributed by atoms with Crippen LogP contribution in [0.2, 0.25) is 0 Å². The number of hydrogen-bond acceptors (Lipinski definition) is 16. The number of hydrogen-bond donors (Lipinski definition) is 10. The van der Waals surface area contributed by atoms with E-state index < -0.39 is 66.2 Å². The van der Waals surface area contributed by atoms with Crippen molar-refractivity contribution in [1.82, 2.24) is 21.3 Å². The maximum Gasteiger partial charge on any atom is 0.326 e. The van der Waals surface area contributed by atoms with E-state index in [4.69, 9.17) is 44.4 Å². The van der Waals surface area contributed by atoms with Gasteiger partial charge in [0.1, 0.15) is 18.1 Å². The summed E-state index contributed by atoms with van der Waals surface area (Å²) in [6, 6.07) is -4.30. The maximum absolute atomic E-state index is 12.5. The van der Waals surface area contributed by atoms with Crippen molar-refractivity contribution in [2.24, 2.45) is 5.73 Å². The Labute approximate surface area is 307 Å². The minimum atomic E-state index is -1.50. The highest BCUT2D eigenvalue weighted by molar-refractivity contribution is 7.80. The molecule has 0 spiro atoms. The second-order valence-corrected chi connectivity index (χ2v) is 11.1. The van der Waals surface area contributed by atoms with Crippen molar-refractivity contribution in [2.45, 2.75) is 37.0 Å². The fourth-order valence-electron chi connectivity index (χ4n) is 3.40. The Balaban J connectivity index is 3.66. The lowest BCUT2D eigenvalue weighted by Gasteiger charge is -2.22. The van der Waals surface area contributed by atoms with Crippen molar-refractivity contribution in [3.8, 4) is 0 Å². The first-order valence-corrected chi connectivity index (χ1v) is 17.5. The zero-order chi connectivity index (χ0) is 37.6. The average molecular weight is 778 g/mol. The van der Waals surface area contributed by atoms with E-state index in [9.17, 15) is 28.8 Å². The van der Waals surface area contributed by atoms with Crippen molar-refractivity contribution in [1.29, 1.82) is 0 Å². The summed E-state index contributed by atoms with van der Waals surface area (Å²) in [7, 11) is 0. The first-order chi connectivity index (χ1) is 24.0. The molecule has 0 aromatic heterocycles. The largest absolute Gasteiger partial charge is 0.481 e. The fourth-order valence-corrected chi connectivity index (χ4v) is 4.08. The highest BCUT2D eigenvalue weighted by Gasteiger charge is 2.26. The van der Waals surface area contributed by atoms with Crippen LogP contribution >= 0.6 is 37.9 Å². The van der Waals surface area contributed by atoms with E-state index in [1.165, 1.54) is 0 Å². The number of ether oxygens (including phenoxy) is 6. The van der Waals surface area contributed by atoms with Crippen LogP contribution in [0, 0.1) is 0 Å². The zero-order valence-electron chi connectivity index (χ0n) is 27.7. The van der Waals surface area contributed by atoms with E-state index in [1.807, 2.05) is 0 Å². The number of carboxylic acid groups (broad SMARTS) is 2. The first kappa shape index (κ1) is 47.6. The molecular formula is C28H51N5O14S3. The Kier molecular flexibility index (Phi) is 29.8. The number of carbonyl (C=O) groups is 6. The molecule has 4 amide bonds. The Hall–Kier alpha value is -2.41. The van der Waals surface area contributed by atoms with Crippen LogP contribution in [-0.2, 0) is 57.2 Å². The number of rotatable bonds is 33. The van der Waals surface area contributed by atoms with E-state index in [2.05, 4.69) is 59.2 Å². The zero-order valence-corrected chi connectivity index (χ0v) is 30.4. The minimum Gasteiger partial charge on any atom is -0.481 e. The molecule has 0 aliphatic heterocycles. The van der Waals surface area contributed by atoms with Crippen LogP contribution in [0.25, 0.3) is 0 Å². The molecule has 8 N–H and O–H groups in total. The van der Waals surface area contributed by atoms with Gasteiger partial charge in [0, 0.05) is 30.2 Å². The van der Waals surface area contributed by atoms with Gasteiger partial charge in [0.2, 0.25) is 23.6 Å². The van der Waals surface area contributed by atoms with Gasteiger partial charge in [0.25, 0.3) is 0 Å². The quantitative estimate of drug-likeness (QED) is 0.0231. The molecule has 1 unspecified atom stereocenters. The molecule has 4 atom stereocenters. The molecule has 19 nitrogen and oxygen atoms in total. The van der Waals surface area contributed by atoms with Gasteiger partial charge in [0.05, 0.1) is 91.7 Å². The van der Waals surface area contributed by atoms with Crippen LogP contribution < -0.4 is 27.0 Å². The van der Waals surface area contributed by atoms with Crippen LogP contribution in [0.15, 0.2) is 0 Å². The highest BCUT2D eigenvalue weighted by Crippen LogP contribution is 1.97. The number of carbonyl (C=O) groups excluding carboxylic acids is 4. The molecule has 22 heteroatoms. The second-order valence-electron chi connectivity index (χ2n) is 10.0. The highest BCUT2D eigenvalue weighted by atomic mass is 32.1. The summed E-state index contributed by atoms with van der Waals surface area (Å²) in [5.74, 6) is -4.86. The minimum absolute atomic E-state index is 0.00157. The van der Waals surface area contributed by atoms with Gasteiger partial charge in [-0.05, 0) is 0 Å². The Bertz CT molecular complexity index is 1000. The lowest BCUT2D eigenvalue weighted by Crippen LogP contribution is -2.57. The van der Waals surface area contributed by atoms with Crippen LogP contribution in [0.3, 0.4) is 0 Å². The van der Waals surface area contributed by atoms with E-state index in [1.54, 1.807) is 0 Å². The Morgan fingerprint density at radius 2 is 0.960 bits per heavy atom. The van der Waals surface area contributed by atoms with E-state index in [0.717, 1.165) is 0 Å². The van der Waals surface area contributed by atoms with Gasteiger partial charge in [-0.2, -0.15) is 37.9 Å². The predicted octanol–water partition coefficient (Wildman–Crippen LogP) is -3.28. The third kappa shape index (κ3) is 25.5. The van der Waals surface area contributed by atoms with Gasteiger partial charge in [-0.1, -0.05) is 0 Å². The SMILES string of the molecule is N[C@@H](CS)C(=O)N[C@@H](CS)C(=O)N[C@@H](CS)C(=O)NCCOCCOCCOCCOCCOCCOCCC(=O)NC(CC(=O)O)C(=O)O. The molecular weight excluding hydrogens is 727 g/mol. The summed E-state index contributed by atoms with van der Waals surface area (Å²) in [5, 5.41) is 27.3. The topological polar surface area (TPSA) is 272 Å². The molecule has 0 rings (SSSR count). The summed E-state index contributed by atoms with van der Waals surface area (Å²) in [5.41, 5.74) is 5.60. The standard InChI is InChI=1S/C28H51N5O14S3/c29-19(16-48)25(37)32-22(18-50)27(39)33-21(17-49)26(38)30-2-4-43-6-8-45-10-12-47-14-13-46-11-9-44-7-5-42-3-1-23(34)31-20(28(40)41)15-24(35)36/h19-22,48-50H,1-18,29H2,(H,30,38)(H,31,34)(H,32,37)(H,33,39)(H,35,36)(H,40,41)/t19-,20?,21-,22-/m0/s1. The fraction of sp³-hybridized carbons (Fsp3) is 0.786. The maximum atomic E-state index is 12.5. The van der Waals surface area contributed by atoms with E-state index in [0.29, 0.717) is 52.9 Å². The number of thiol groups is 3. The summed E-state index contributed by atoms with van der Waals surface area (Å²) >= 11 is 12.1. The number of carboxylic acids is 2. The number of nitrogens with one attached hydrogen (secondary N) is 4. The lowest BCUT2D eigenvalue weighted by atomic mass is 10.2. The van der Waals surface area contributed by atoms with Gasteiger partial charge in [-0.3, -0.25) is 24.0 Å². The first-order valence-electron chi connectivity index (χ1n) is 15.6. The van der Waals surface area contributed by atoms with Crippen LogP contribution in [0.4, 0.5) is 0 Å². The van der Waals surface area contributed by atoms with Gasteiger partial charge >= 0.3 is 11.9 Å². The summed E-state index contributed by atoms with van der Waals surface area (Å²) in [6.45, 7) is 3.63. The Morgan fingerprint density at radius 3 is 1.38 bits per heavy atom. The second kappa shape index (κ2) is 31.3. The molecule has 0 aromatic carbocycles. The molecule has 0 bridgehead atoms. The normalized spacial score (nSPS) is 13.4. The van der Waals surface area contributed by atoms with Gasteiger partial charge < -0.3 is 65.6 Å². The number of amides is 4. The monoisotopic (exact) mass is 777 g/mol. The number of nitrogens with two attached hydrogens (primary N) is 1. The Morgan fingerprint density at radius 1 is 0.540 bits per heavy atom. The smallest absolute Gasteiger partial charge is 0.326 e. The molecule has 50 heavy (non-hydrogen) atoms. The molecule has 0 heterocycles. The summed E-state index contributed by atoms with van der Waals surface area (Å²) < 4.78 is 32.2.